The highest BCUT2D eigenvalue weighted by atomic mass is 28.3. The number of rotatable bonds is 21. The Balaban J connectivity index is 2.19. The highest BCUT2D eigenvalue weighted by molar-refractivity contribution is 6.77. The van der Waals surface area contributed by atoms with Crippen LogP contribution in [0.4, 0.5) is 0 Å². The molecule has 0 amide bonds. The van der Waals surface area contributed by atoms with E-state index < -0.39 is 8.07 Å². The average Bonchev–Trinajstić information content (AvgIpc) is 3.02. The van der Waals surface area contributed by atoms with E-state index in [9.17, 15) is 0 Å². The number of benzene rings is 3. The minimum atomic E-state index is -2.24. The van der Waals surface area contributed by atoms with Crippen molar-refractivity contribution in [1.82, 2.24) is 0 Å². The van der Waals surface area contributed by atoms with E-state index in [-0.39, 0.29) is 20.4 Å². The lowest BCUT2D eigenvalue weighted by atomic mass is 9.99. The van der Waals surface area contributed by atoms with Crippen molar-refractivity contribution >= 4 is 8.07 Å². The van der Waals surface area contributed by atoms with Crippen LogP contribution >= 0.6 is 0 Å². The van der Waals surface area contributed by atoms with Gasteiger partial charge in [-0.2, -0.15) is 0 Å². The summed E-state index contributed by atoms with van der Waals surface area (Å²) in [5.41, 5.74) is 7.34. The zero-order valence-electron chi connectivity index (χ0n) is 30.7. The quantitative estimate of drug-likeness (QED) is 0.0642. The number of hydrogen-bond acceptors (Lipinski definition) is 6. The van der Waals surface area contributed by atoms with Gasteiger partial charge in [0.2, 0.25) is 0 Å². The van der Waals surface area contributed by atoms with E-state index in [1.165, 1.54) is 33.4 Å². The standard InChI is InChI=1S/C40H60O6Si/c1-11-41-26-44-38-32(17-14-20-35(38)29(4)5)23-47(10,24-33-18-15-21-36(30(6)7)39(33)45-27-42-12-2)25-34-19-16-22-37(31(8)9)40(34)46-28-43-13-3/h14-22,29-31H,11-13,23-28H2,1-10H3. The van der Waals surface area contributed by atoms with Crippen molar-refractivity contribution in [2.24, 2.45) is 0 Å². The molecule has 0 spiro atoms. The molecule has 0 aliphatic heterocycles. The Morgan fingerprint density at radius 2 is 0.745 bits per heavy atom. The van der Waals surface area contributed by atoms with Crippen LogP contribution in [0.2, 0.25) is 6.55 Å². The molecule has 3 aromatic carbocycles. The van der Waals surface area contributed by atoms with Crippen LogP contribution in [0.1, 0.15) is 113 Å². The van der Waals surface area contributed by atoms with Crippen LogP contribution in [0, 0.1) is 0 Å². The van der Waals surface area contributed by atoms with Crippen molar-refractivity contribution in [2.45, 2.75) is 105 Å². The molecule has 0 aliphatic rings. The Hall–Kier alpha value is -2.84. The second-order valence-electron chi connectivity index (χ2n) is 13.6. The molecule has 3 rings (SSSR count). The van der Waals surface area contributed by atoms with Crippen LogP contribution in [0.5, 0.6) is 17.2 Å². The Labute approximate surface area is 286 Å². The van der Waals surface area contributed by atoms with E-state index in [2.05, 4.69) is 103 Å². The van der Waals surface area contributed by atoms with Gasteiger partial charge < -0.3 is 28.4 Å². The van der Waals surface area contributed by atoms with Crippen molar-refractivity contribution < 1.29 is 28.4 Å². The predicted molar refractivity (Wildman–Crippen MR) is 196 cm³/mol. The third-order valence-corrected chi connectivity index (χ3v) is 12.3. The Kier molecular flexibility index (Phi) is 15.8. The fourth-order valence-corrected chi connectivity index (χ4v) is 10.2. The van der Waals surface area contributed by atoms with Gasteiger partial charge in [-0.15, -0.1) is 0 Å². The number of hydrogen-bond donors (Lipinski definition) is 0. The van der Waals surface area contributed by atoms with Crippen molar-refractivity contribution in [1.29, 1.82) is 0 Å². The summed E-state index contributed by atoms with van der Waals surface area (Å²) in [6, 6.07) is 22.6. The van der Waals surface area contributed by atoms with Crippen LogP contribution in [0.3, 0.4) is 0 Å². The molecule has 0 bridgehead atoms. The second-order valence-corrected chi connectivity index (χ2v) is 18.3. The van der Waals surface area contributed by atoms with Gasteiger partial charge in [0.1, 0.15) is 17.2 Å². The maximum Gasteiger partial charge on any atom is 0.189 e. The molecule has 0 aliphatic carbocycles. The molecule has 3 aromatic rings. The fraction of sp³-hybridized carbons (Fsp3) is 0.550. The first-order chi connectivity index (χ1) is 22.5. The lowest BCUT2D eigenvalue weighted by Crippen LogP contribution is -2.41. The van der Waals surface area contributed by atoms with E-state index in [0.717, 1.165) is 35.4 Å². The van der Waals surface area contributed by atoms with Crippen LogP contribution < -0.4 is 14.2 Å². The second kappa shape index (κ2) is 19.2. The highest BCUT2D eigenvalue weighted by Crippen LogP contribution is 2.39. The lowest BCUT2D eigenvalue weighted by Gasteiger charge is -2.32. The minimum Gasteiger partial charge on any atom is -0.467 e. The van der Waals surface area contributed by atoms with E-state index in [0.29, 0.717) is 37.6 Å². The molecule has 0 radical (unpaired) electrons. The smallest absolute Gasteiger partial charge is 0.189 e. The topological polar surface area (TPSA) is 55.4 Å². The summed E-state index contributed by atoms with van der Waals surface area (Å²) in [6.45, 7) is 24.4. The van der Waals surface area contributed by atoms with Gasteiger partial charge in [0.15, 0.2) is 20.4 Å². The molecular weight excluding hydrogens is 605 g/mol. The van der Waals surface area contributed by atoms with Gasteiger partial charge in [-0.25, -0.2) is 0 Å². The molecule has 0 fully saturated rings. The van der Waals surface area contributed by atoms with Crippen molar-refractivity contribution in [3.05, 3.63) is 88.0 Å². The predicted octanol–water partition coefficient (Wildman–Crippen LogP) is 9.90. The van der Waals surface area contributed by atoms with Gasteiger partial charge in [-0.3, -0.25) is 0 Å². The SMILES string of the molecule is CCOCOc1c(C[Si](C)(Cc2cccc(C(C)C)c2OCOCC)Cc2cccc(C(C)C)c2OCOCC)cccc1C(C)C. The molecular formula is C40H60O6Si. The third kappa shape index (κ3) is 11.1. The number of ether oxygens (including phenoxy) is 6. The first kappa shape index (κ1) is 38.6. The Morgan fingerprint density at radius 1 is 0.468 bits per heavy atom. The molecule has 6 nitrogen and oxygen atoms in total. The van der Waals surface area contributed by atoms with Gasteiger partial charge >= 0.3 is 0 Å². The molecule has 260 valence electrons. The van der Waals surface area contributed by atoms with Crippen LogP contribution in [0.25, 0.3) is 0 Å². The molecule has 0 aromatic heterocycles. The molecule has 0 saturated carbocycles. The molecule has 0 atom stereocenters. The first-order valence-corrected chi connectivity index (χ1v) is 20.6. The normalized spacial score (nSPS) is 11.9. The summed E-state index contributed by atoms with van der Waals surface area (Å²) in [5, 5.41) is 0. The van der Waals surface area contributed by atoms with E-state index >= 15 is 0 Å². The molecule has 0 saturated heterocycles. The highest BCUT2D eigenvalue weighted by Gasteiger charge is 2.33. The van der Waals surface area contributed by atoms with Gasteiger partial charge in [0.25, 0.3) is 0 Å². The fourth-order valence-electron chi connectivity index (χ4n) is 6.24. The number of para-hydroxylation sites is 3. The van der Waals surface area contributed by atoms with Crippen LogP contribution in [-0.4, -0.2) is 48.3 Å². The van der Waals surface area contributed by atoms with E-state index in [1.807, 2.05) is 20.8 Å². The van der Waals surface area contributed by atoms with Crippen molar-refractivity contribution in [3.63, 3.8) is 0 Å². The summed E-state index contributed by atoms with van der Waals surface area (Å²) in [5.74, 6) is 3.85. The van der Waals surface area contributed by atoms with Gasteiger partial charge in [0.05, 0.1) is 8.07 Å². The zero-order chi connectivity index (χ0) is 34.4. The van der Waals surface area contributed by atoms with Gasteiger partial charge in [0, 0.05) is 19.8 Å². The molecule has 47 heavy (non-hydrogen) atoms. The van der Waals surface area contributed by atoms with Crippen LogP contribution in [-0.2, 0) is 32.3 Å². The van der Waals surface area contributed by atoms with Gasteiger partial charge in [-0.1, -0.05) is 103 Å². The summed E-state index contributed by atoms with van der Waals surface area (Å²) in [7, 11) is -2.24. The largest absolute Gasteiger partial charge is 0.467 e. The third-order valence-electron chi connectivity index (χ3n) is 8.57. The van der Waals surface area contributed by atoms with Crippen molar-refractivity contribution in [3.8, 4) is 17.2 Å². The maximum absolute atomic E-state index is 6.41. The van der Waals surface area contributed by atoms with E-state index in [4.69, 9.17) is 28.4 Å². The van der Waals surface area contributed by atoms with E-state index in [1.54, 1.807) is 0 Å². The Morgan fingerprint density at radius 3 is 0.979 bits per heavy atom. The van der Waals surface area contributed by atoms with Gasteiger partial charge in [-0.05, 0) is 90.0 Å². The summed E-state index contributed by atoms with van der Waals surface area (Å²) in [4.78, 5) is 0. The molecule has 7 heteroatoms. The monoisotopic (exact) mass is 664 g/mol. The van der Waals surface area contributed by atoms with Crippen LogP contribution in [0.15, 0.2) is 54.6 Å². The average molecular weight is 665 g/mol. The molecule has 0 N–H and O–H groups in total. The summed E-state index contributed by atoms with van der Waals surface area (Å²) < 4.78 is 36.3. The lowest BCUT2D eigenvalue weighted by molar-refractivity contribution is 0.0211. The zero-order valence-corrected chi connectivity index (χ0v) is 31.7. The minimum absolute atomic E-state index is 0.239. The Bertz CT molecular complexity index is 1210. The molecule has 0 heterocycles. The molecule has 0 unspecified atom stereocenters. The maximum atomic E-state index is 6.41. The first-order valence-electron chi connectivity index (χ1n) is 17.5. The summed E-state index contributed by atoms with van der Waals surface area (Å²) >= 11 is 0. The summed E-state index contributed by atoms with van der Waals surface area (Å²) in [6.07, 6.45) is 0. The van der Waals surface area contributed by atoms with Crippen molar-refractivity contribution in [2.75, 3.05) is 40.2 Å².